The maximum absolute atomic E-state index is 11.4. The lowest BCUT2D eigenvalue weighted by molar-refractivity contribution is 0.948. The van der Waals surface area contributed by atoms with Gasteiger partial charge in [0.15, 0.2) is 0 Å². The number of aryl methyl sites for hydroxylation is 2. The number of pyridine rings is 1. The number of rotatable bonds is 2. The maximum Gasteiger partial charge on any atom is 0.219 e. The second-order valence-electron chi connectivity index (χ2n) is 2.75. The van der Waals surface area contributed by atoms with Gasteiger partial charge >= 0.3 is 0 Å². The predicted molar refractivity (Wildman–Crippen MR) is 55.8 cm³/mol. The van der Waals surface area contributed by atoms with Crippen LogP contribution in [0.25, 0.3) is 0 Å². The third-order valence-electron chi connectivity index (χ3n) is 1.94. The average Bonchev–Trinajstić information content (AvgIpc) is 2.15. The highest BCUT2D eigenvalue weighted by Gasteiger charge is 2.11. The number of halogens is 2. The molecule has 72 valence electrons. The van der Waals surface area contributed by atoms with Crippen LogP contribution in [0.15, 0.2) is 4.79 Å². The molecule has 0 amide bonds. The summed E-state index contributed by atoms with van der Waals surface area (Å²) in [5.41, 5.74) is 1.25. The van der Waals surface area contributed by atoms with E-state index in [1.807, 2.05) is 13.8 Å². The fourth-order valence-electron chi connectivity index (χ4n) is 1.15. The molecule has 0 saturated carbocycles. The van der Waals surface area contributed by atoms with Gasteiger partial charge < -0.3 is 4.98 Å². The Hall–Kier alpha value is -0.470. The number of nitrogens with one attached hydrogen (secondary N) is 1. The fraction of sp³-hybridized carbons (Fsp3) is 0.444. The molecule has 13 heavy (non-hydrogen) atoms. The maximum atomic E-state index is 11.4. The fourth-order valence-corrected chi connectivity index (χ4v) is 1.75. The van der Waals surface area contributed by atoms with Crippen LogP contribution in [-0.4, -0.2) is 4.98 Å². The van der Waals surface area contributed by atoms with Crippen LogP contribution in [0.2, 0.25) is 10.0 Å². The summed E-state index contributed by atoms with van der Waals surface area (Å²) >= 11 is 11.6. The average molecular weight is 220 g/mol. The molecule has 4 heteroatoms. The molecule has 0 aliphatic rings. The summed E-state index contributed by atoms with van der Waals surface area (Å²) in [6.07, 6.45) is 1.41. The van der Waals surface area contributed by atoms with Crippen molar-refractivity contribution in [1.29, 1.82) is 0 Å². The quantitative estimate of drug-likeness (QED) is 0.816. The summed E-state index contributed by atoms with van der Waals surface area (Å²) in [6, 6.07) is 0. The van der Waals surface area contributed by atoms with E-state index in [0.29, 0.717) is 12.8 Å². The normalized spacial score (nSPS) is 10.5. The van der Waals surface area contributed by atoms with Crippen molar-refractivity contribution in [1.82, 2.24) is 4.98 Å². The summed E-state index contributed by atoms with van der Waals surface area (Å²) in [5.74, 6) is 0. The lowest BCUT2D eigenvalue weighted by Gasteiger charge is -2.06. The van der Waals surface area contributed by atoms with Gasteiger partial charge in [-0.05, 0) is 12.8 Å². The van der Waals surface area contributed by atoms with Gasteiger partial charge in [0.25, 0.3) is 0 Å². The predicted octanol–water partition coefficient (Wildman–Crippen LogP) is 2.81. The molecule has 0 atom stereocenters. The number of aromatic amines is 1. The molecule has 0 radical (unpaired) electrons. The first-order valence-corrected chi connectivity index (χ1v) is 4.96. The van der Waals surface area contributed by atoms with Gasteiger partial charge in [0, 0.05) is 11.4 Å². The molecule has 1 N–H and O–H groups in total. The van der Waals surface area contributed by atoms with Gasteiger partial charge in [-0.2, -0.15) is 0 Å². The van der Waals surface area contributed by atoms with Gasteiger partial charge in [-0.3, -0.25) is 4.79 Å². The van der Waals surface area contributed by atoms with Gasteiger partial charge in [-0.25, -0.2) is 0 Å². The molecule has 1 rings (SSSR count). The molecular weight excluding hydrogens is 209 g/mol. The van der Waals surface area contributed by atoms with E-state index in [0.717, 1.165) is 11.4 Å². The SMILES string of the molecule is CCc1[nH]c(CC)c(Cl)c(=O)c1Cl. The van der Waals surface area contributed by atoms with Gasteiger partial charge in [-0.15, -0.1) is 0 Å². The highest BCUT2D eigenvalue weighted by Crippen LogP contribution is 2.16. The number of hydrogen-bond acceptors (Lipinski definition) is 1. The summed E-state index contributed by atoms with van der Waals surface area (Å²) in [6.45, 7) is 3.87. The third kappa shape index (κ3) is 1.89. The van der Waals surface area contributed by atoms with E-state index in [4.69, 9.17) is 23.2 Å². The summed E-state index contributed by atoms with van der Waals surface area (Å²) in [7, 11) is 0. The minimum Gasteiger partial charge on any atom is -0.360 e. The van der Waals surface area contributed by atoms with Crippen LogP contribution < -0.4 is 5.43 Å². The topological polar surface area (TPSA) is 32.9 Å². The lowest BCUT2D eigenvalue weighted by atomic mass is 10.2. The van der Waals surface area contributed by atoms with Crippen LogP contribution in [0.1, 0.15) is 25.2 Å². The van der Waals surface area contributed by atoms with Crippen LogP contribution in [-0.2, 0) is 12.8 Å². The Labute approximate surface area is 86.9 Å². The van der Waals surface area contributed by atoms with E-state index in [9.17, 15) is 4.79 Å². The number of aromatic nitrogens is 1. The van der Waals surface area contributed by atoms with E-state index < -0.39 is 0 Å². The molecule has 2 nitrogen and oxygen atoms in total. The van der Waals surface area contributed by atoms with Crippen molar-refractivity contribution in [2.75, 3.05) is 0 Å². The number of H-pyrrole nitrogens is 1. The Balaban J connectivity index is 3.46. The van der Waals surface area contributed by atoms with Crippen molar-refractivity contribution in [3.05, 3.63) is 31.7 Å². The Morgan fingerprint density at radius 2 is 1.46 bits per heavy atom. The zero-order chi connectivity index (χ0) is 10.0. The third-order valence-corrected chi connectivity index (χ3v) is 2.74. The highest BCUT2D eigenvalue weighted by atomic mass is 35.5. The Kier molecular flexibility index (Phi) is 3.40. The largest absolute Gasteiger partial charge is 0.360 e. The second-order valence-corrected chi connectivity index (χ2v) is 3.50. The zero-order valence-electron chi connectivity index (χ0n) is 7.58. The summed E-state index contributed by atoms with van der Waals surface area (Å²) < 4.78 is 0. The van der Waals surface area contributed by atoms with E-state index in [1.54, 1.807) is 0 Å². The molecule has 0 bridgehead atoms. The van der Waals surface area contributed by atoms with Crippen LogP contribution in [0.5, 0.6) is 0 Å². The van der Waals surface area contributed by atoms with E-state index >= 15 is 0 Å². The first kappa shape index (κ1) is 10.6. The van der Waals surface area contributed by atoms with Crippen molar-refractivity contribution in [2.24, 2.45) is 0 Å². The molecule has 0 saturated heterocycles. The van der Waals surface area contributed by atoms with Crippen LogP contribution in [0.4, 0.5) is 0 Å². The Morgan fingerprint density at radius 1 is 1.08 bits per heavy atom. The molecule has 0 aromatic carbocycles. The smallest absolute Gasteiger partial charge is 0.219 e. The summed E-state index contributed by atoms with van der Waals surface area (Å²) in [5, 5.41) is 0.425. The van der Waals surface area contributed by atoms with E-state index in [-0.39, 0.29) is 15.5 Å². The molecule has 0 unspecified atom stereocenters. The van der Waals surface area contributed by atoms with Crippen LogP contribution in [0.3, 0.4) is 0 Å². The first-order valence-electron chi connectivity index (χ1n) is 4.20. The summed E-state index contributed by atoms with van der Waals surface area (Å²) in [4.78, 5) is 14.5. The molecule has 0 spiro atoms. The molecule has 0 fully saturated rings. The van der Waals surface area contributed by atoms with Crippen molar-refractivity contribution < 1.29 is 0 Å². The van der Waals surface area contributed by atoms with Gasteiger partial charge in [-0.1, -0.05) is 37.0 Å². The molecular formula is C9H11Cl2NO. The van der Waals surface area contributed by atoms with Crippen molar-refractivity contribution >= 4 is 23.2 Å². The lowest BCUT2D eigenvalue weighted by Crippen LogP contribution is -2.11. The minimum atomic E-state index is -0.268. The first-order chi connectivity index (χ1) is 6.11. The van der Waals surface area contributed by atoms with Gasteiger partial charge in [0.2, 0.25) is 5.43 Å². The van der Waals surface area contributed by atoms with E-state index in [1.165, 1.54) is 0 Å². The minimum absolute atomic E-state index is 0.213. The van der Waals surface area contributed by atoms with Gasteiger partial charge in [0.1, 0.15) is 10.0 Å². The van der Waals surface area contributed by atoms with Crippen molar-refractivity contribution in [3.8, 4) is 0 Å². The van der Waals surface area contributed by atoms with Crippen LogP contribution >= 0.6 is 23.2 Å². The molecule has 1 aromatic rings. The number of hydrogen-bond donors (Lipinski definition) is 1. The zero-order valence-corrected chi connectivity index (χ0v) is 9.09. The second kappa shape index (κ2) is 4.16. The Bertz CT molecular complexity index is 339. The molecule has 1 heterocycles. The van der Waals surface area contributed by atoms with Crippen LogP contribution in [0, 0.1) is 0 Å². The monoisotopic (exact) mass is 219 g/mol. The highest BCUT2D eigenvalue weighted by molar-refractivity contribution is 6.35. The van der Waals surface area contributed by atoms with E-state index in [2.05, 4.69) is 4.98 Å². The Morgan fingerprint density at radius 3 is 1.77 bits per heavy atom. The molecule has 0 aliphatic carbocycles. The standard InChI is InChI=1S/C9H11Cl2NO/c1-3-5-7(10)9(13)8(11)6(4-2)12-5/h3-4H2,1-2H3,(H,12,13). The van der Waals surface area contributed by atoms with Gasteiger partial charge in [0.05, 0.1) is 0 Å². The molecule has 1 aromatic heterocycles. The molecule has 0 aliphatic heterocycles. The van der Waals surface area contributed by atoms with Crippen molar-refractivity contribution in [3.63, 3.8) is 0 Å². The van der Waals surface area contributed by atoms with Crippen molar-refractivity contribution in [2.45, 2.75) is 26.7 Å².